The molecule has 1 atom stereocenters. The Balaban J connectivity index is 4.17. The highest BCUT2D eigenvalue weighted by Gasteiger charge is 2.25. The van der Waals surface area contributed by atoms with Gasteiger partial charge in [-0.3, -0.25) is 4.79 Å². The van der Waals surface area contributed by atoms with E-state index in [0.29, 0.717) is 6.61 Å². The lowest BCUT2D eigenvalue weighted by atomic mass is 9.98. The van der Waals surface area contributed by atoms with Crippen molar-refractivity contribution >= 4 is 5.97 Å². The fourth-order valence-corrected chi connectivity index (χ4v) is 1.29. The van der Waals surface area contributed by atoms with Crippen LogP contribution in [-0.4, -0.2) is 36.6 Å². The summed E-state index contributed by atoms with van der Waals surface area (Å²) in [4.78, 5) is 13.7. The number of hydrogen-bond donors (Lipinski definition) is 0. The van der Waals surface area contributed by atoms with E-state index in [9.17, 15) is 4.79 Å². The first kappa shape index (κ1) is 14.4. The zero-order valence-electron chi connectivity index (χ0n) is 11.0. The number of rotatable bonds is 6. The summed E-state index contributed by atoms with van der Waals surface area (Å²) in [6.07, 6.45) is 1.07. The maximum atomic E-state index is 11.4. The molecule has 0 fully saturated rings. The predicted molar refractivity (Wildman–Crippen MR) is 62.8 cm³/mol. The summed E-state index contributed by atoms with van der Waals surface area (Å²) < 4.78 is 4.99. The van der Waals surface area contributed by atoms with Crippen molar-refractivity contribution in [3.63, 3.8) is 0 Å². The topological polar surface area (TPSA) is 29.5 Å². The molecule has 0 spiro atoms. The summed E-state index contributed by atoms with van der Waals surface area (Å²) in [5.41, 5.74) is 0.140. The summed E-state index contributed by atoms with van der Waals surface area (Å²) in [7, 11) is 2.05. The highest BCUT2D eigenvalue weighted by Crippen LogP contribution is 2.18. The lowest BCUT2D eigenvalue weighted by molar-refractivity contribution is -0.148. The minimum atomic E-state index is -0.101. The van der Waals surface area contributed by atoms with Crippen LogP contribution in [0, 0.1) is 5.92 Å². The summed E-state index contributed by atoms with van der Waals surface area (Å²) in [6, 6.07) is 0. The monoisotopic (exact) mass is 215 g/mol. The van der Waals surface area contributed by atoms with E-state index in [1.807, 2.05) is 13.8 Å². The van der Waals surface area contributed by atoms with Gasteiger partial charge in [-0.2, -0.15) is 0 Å². The van der Waals surface area contributed by atoms with Crippen molar-refractivity contribution in [3.8, 4) is 0 Å². The van der Waals surface area contributed by atoms with Crippen molar-refractivity contribution in [2.24, 2.45) is 5.92 Å². The first-order valence-electron chi connectivity index (χ1n) is 5.73. The molecule has 0 saturated carbocycles. The summed E-state index contributed by atoms with van der Waals surface area (Å²) in [6.45, 7) is 11.5. The Kier molecular flexibility index (Phi) is 5.88. The molecule has 0 aliphatic rings. The quantitative estimate of drug-likeness (QED) is 0.637. The van der Waals surface area contributed by atoms with Crippen LogP contribution in [0.4, 0.5) is 0 Å². The van der Waals surface area contributed by atoms with Crippen LogP contribution >= 0.6 is 0 Å². The summed E-state index contributed by atoms with van der Waals surface area (Å²) in [5.74, 6) is -0.156. The van der Waals surface area contributed by atoms with Gasteiger partial charge in [0.25, 0.3) is 0 Å². The van der Waals surface area contributed by atoms with Gasteiger partial charge in [-0.1, -0.05) is 13.8 Å². The first-order valence-corrected chi connectivity index (χ1v) is 5.73. The van der Waals surface area contributed by atoms with Gasteiger partial charge in [0.2, 0.25) is 0 Å². The standard InChI is InChI=1S/C12H25NO2/c1-7-12(4,5)13(6)9-10(3)11(14)15-8-2/h10H,7-9H2,1-6H3. The van der Waals surface area contributed by atoms with Gasteiger partial charge >= 0.3 is 5.97 Å². The number of carbonyl (C=O) groups excluding carboxylic acids is 1. The number of ether oxygens (including phenoxy) is 1. The molecular formula is C12H25NO2. The van der Waals surface area contributed by atoms with Crippen LogP contribution < -0.4 is 0 Å². The van der Waals surface area contributed by atoms with Crippen molar-refractivity contribution in [1.82, 2.24) is 4.90 Å². The first-order chi connectivity index (χ1) is 6.85. The van der Waals surface area contributed by atoms with Gasteiger partial charge < -0.3 is 9.64 Å². The maximum Gasteiger partial charge on any atom is 0.309 e. The van der Waals surface area contributed by atoms with E-state index < -0.39 is 0 Å². The van der Waals surface area contributed by atoms with Crippen LogP contribution in [0.3, 0.4) is 0 Å². The molecule has 3 nitrogen and oxygen atoms in total. The zero-order valence-corrected chi connectivity index (χ0v) is 11.0. The zero-order chi connectivity index (χ0) is 12.1. The molecule has 0 N–H and O–H groups in total. The molecule has 0 aromatic heterocycles. The Morgan fingerprint density at radius 3 is 2.33 bits per heavy atom. The van der Waals surface area contributed by atoms with Gasteiger partial charge in [0.1, 0.15) is 0 Å². The van der Waals surface area contributed by atoms with E-state index in [1.165, 1.54) is 0 Å². The average Bonchev–Trinajstić information content (AvgIpc) is 2.17. The van der Waals surface area contributed by atoms with E-state index in [1.54, 1.807) is 0 Å². The van der Waals surface area contributed by atoms with Crippen LogP contribution in [0.1, 0.15) is 41.0 Å². The van der Waals surface area contributed by atoms with Gasteiger partial charge in [0, 0.05) is 12.1 Å². The molecular weight excluding hydrogens is 190 g/mol. The van der Waals surface area contributed by atoms with Crippen molar-refractivity contribution in [2.45, 2.75) is 46.6 Å². The predicted octanol–water partition coefficient (Wildman–Crippen LogP) is 2.31. The highest BCUT2D eigenvalue weighted by molar-refractivity contribution is 5.72. The minimum absolute atomic E-state index is 0.0548. The molecule has 0 saturated heterocycles. The molecule has 3 heteroatoms. The molecule has 0 aliphatic carbocycles. The SMILES string of the molecule is CCOC(=O)C(C)CN(C)C(C)(C)CC. The molecule has 0 aliphatic heterocycles. The summed E-state index contributed by atoms with van der Waals surface area (Å²) in [5, 5.41) is 0. The molecule has 15 heavy (non-hydrogen) atoms. The summed E-state index contributed by atoms with van der Waals surface area (Å²) >= 11 is 0. The molecule has 0 heterocycles. The molecule has 1 unspecified atom stereocenters. The third-order valence-electron chi connectivity index (χ3n) is 3.14. The van der Waals surface area contributed by atoms with E-state index in [0.717, 1.165) is 13.0 Å². The van der Waals surface area contributed by atoms with Crippen LogP contribution in [0.5, 0.6) is 0 Å². The van der Waals surface area contributed by atoms with E-state index in [2.05, 4.69) is 32.7 Å². The van der Waals surface area contributed by atoms with E-state index in [-0.39, 0.29) is 17.4 Å². The Morgan fingerprint density at radius 2 is 1.93 bits per heavy atom. The highest BCUT2D eigenvalue weighted by atomic mass is 16.5. The van der Waals surface area contributed by atoms with E-state index in [4.69, 9.17) is 4.74 Å². The number of hydrogen-bond acceptors (Lipinski definition) is 3. The number of nitrogens with zero attached hydrogens (tertiary/aromatic N) is 1. The fourth-order valence-electron chi connectivity index (χ4n) is 1.29. The fraction of sp³-hybridized carbons (Fsp3) is 0.917. The smallest absolute Gasteiger partial charge is 0.309 e. The van der Waals surface area contributed by atoms with Crippen LogP contribution in [0.25, 0.3) is 0 Å². The lowest BCUT2D eigenvalue weighted by Crippen LogP contribution is -2.44. The Morgan fingerprint density at radius 1 is 1.40 bits per heavy atom. The van der Waals surface area contributed by atoms with Crippen LogP contribution in [-0.2, 0) is 9.53 Å². The van der Waals surface area contributed by atoms with Gasteiger partial charge in [-0.05, 0) is 34.2 Å². The third-order valence-corrected chi connectivity index (χ3v) is 3.14. The third kappa shape index (κ3) is 4.65. The average molecular weight is 215 g/mol. The molecule has 0 rings (SSSR count). The molecule has 0 amide bonds. The normalized spacial score (nSPS) is 14.1. The Hall–Kier alpha value is -0.570. The van der Waals surface area contributed by atoms with Gasteiger partial charge in [0.15, 0.2) is 0 Å². The minimum Gasteiger partial charge on any atom is -0.466 e. The molecule has 0 radical (unpaired) electrons. The molecule has 0 bridgehead atoms. The van der Waals surface area contributed by atoms with Crippen molar-refractivity contribution in [3.05, 3.63) is 0 Å². The number of esters is 1. The van der Waals surface area contributed by atoms with Gasteiger partial charge in [0.05, 0.1) is 12.5 Å². The Labute approximate surface area is 93.8 Å². The molecule has 0 aromatic carbocycles. The largest absolute Gasteiger partial charge is 0.466 e. The second kappa shape index (κ2) is 6.11. The van der Waals surface area contributed by atoms with Gasteiger partial charge in [-0.15, -0.1) is 0 Å². The Bertz CT molecular complexity index is 202. The molecule has 0 aromatic rings. The lowest BCUT2D eigenvalue weighted by Gasteiger charge is -2.36. The van der Waals surface area contributed by atoms with Crippen LogP contribution in [0.15, 0.2) is 0 Å². The van der Waals surface area contributed by atoms with Crippen molar-refractivity contribution in [1.29, 1.82) is 0 Å². The van der Waals surface area contributed by atoms with Gasteiger partial charge in [-0.25, -0.2) is 0 Å². The molecule has 90 valence electrons. The van der Waals surface area contributed by atoms with Crippen molar-refractivity contribution < 1.29 is 9.53 Å². The number of carbonyl (C=O) groups is 1. The van der Waals surface area contributed by atoms with Crippen molar-refractivity contribution in [2.75, 3.05) is 20.2 Å². The van der Waals surface area contributed by atoms with E-state index >= 15 is 0 Å². The van der Waals surface area contributed by atoms with Crippen LogP contribution in [0.2, 0.25) is 0 Å². The maximum absolute atomic E-state index is 11.4. The second-order valence-electron chi connectivity index (χ2n) is 4.70. The second-order valence-corrected chi connectivity index (χ2v) is 4.70.